The van der Waals surface area contributed by atoms with Gasteiger partial charge in [-0.1, -0.05) is 13.3 Å². The van der Waals surface area contributed by atoms with Crippen LogP contribution in [0.2, 0.25) is 0 Å². The SMILES string of the molecule is CCCCC(=O)[O-].CC[N+](C)(C)CC. The van der Waals surface area contributed by atoms with E-state index < -0.39 is 5.97 Å². The first-order chi connectivity index (χ1) is 6.39. The summed E-state index contributed by atoms with van der Waals surface area (Å²) in [5, 5.41) is 9.65. The summed E-state index contributed by atoms with van der Waals surface area (Å²) in [4.78, 5) is 9.65. The van der Waals surface area contributed by atoms with E-state index in [0.29, 0.717) is 0 Å². The lowest BCUT2D eigenvalue weighted by Gasteiger charge is -2.25. The van der Waals surface area contributed by atoms with Gasteiger partial charge in [-0.15, -0.1) is 0 Å². The van der Waals surface area contributed by atoms with Crippen LogP contribution in [0.4, 0.5) is 0 Å². The van der Waals surface area contributed by atoms with Crippen LogP contribution in [0.15, 0.2) is 0 Å². The molecule has 0 spiro atoms. The summed E-state index contributed by atoms with van der Waals surface area (Å²) in [6, 6.07) is 0. The van der Waals surface area contributed by atoms with Crippen LogP contribution in [0, 0.1) is 0 Å². The minimum Gasteiger partial charge on any atom is -0.550 e. The number of quaternary nitrogens is 1. The summed E-state index contributed by atoms with van der Waals surface area (Å²) in [7, 11) is 4.47. The van der Waals surface area contributed by atoms with Crippen molar-refractivity contribution in [1.29, 1.82) is 0 Å². The van der Waals surface area contributed by atoms with Gasteiger partial charge in [0.15, 0.2) is 0 Å². The highest BCUT2D eigenvalue weighted by molar-refractivity contribution is 5.63. The molecular formula is C11H25NO2. The van der Waals surface area contributed by atoms with Crippen LogP contribution in [0.25, 0.3) is 0 Å². The molecule has 0 heterocycles. The first-order valence-electron chi connectivity index (χ1n) is 5.41. The van der Waals surface area contributed by atoms with Crippen molar-refractivity contribution in [3.05, 3.63) is 0 Å². The maximum Gasteiger partial charge on any atom is 0.0753 e. The molecule has 86 valence electrons. The van der Waals surface area contributed by atoms with Gasteiger partial charge < -0.3 is 14.4 Å². The Bertz CT molecular complexity index is 138. The van der Waals surface area contributed by atoms with Gasteiger partial charge >= 0.3 is 0 Å². The topological polar surface area (TPSA) is 40.1 Å². The molecule has 0 aliphatic carbocycles. The molecule has 0 saturated carbocycles. The van der Waals surface area contributed by atoms with E-state index in [1.165, 1.54) is 13.1 Å². The Kier molecular flexibility index (Phi) is 10.2. The molecule has 0 radical (unpaired) electrons. The second-order valence-electron chi connectivity index (χ2n) is 4.04. The van der Waals surface area contributed by atoms with Crippen molar-refractivity contribution < 1.29 is 14.4 Å². The van der Waals surface area contributed by atoms with Gasteiger partial charge in [-0.2, -0.15) is 0 Å². The van der Waals surface area contributed by atoms with E-state index >= 15 is 0 Å². The maximum atomic E-state index is 9.65. The quantitative estimate of drug-likeness (QED) is 0.626. The van der Waals surface area contributed by atoms with Crippen molar-refractivity contribution in [3.8, 4) is 0 Å². The molecule has 0 fully saturated rings. The molecule has 0 bridgehead atoms. The number of carboxylic acid groups (broad SMARTS) is 1. The average molecular weight is 203 g/mol. The zero-order valence-electron chi connectivity index (χ0n) is 10.3. The van der Waals surface area contributed by atoms with Crippen LogP contribution in [0.5, 0.6) is 0 Å². The van der Waals surface area contributed by atoms with E-state index in [1.54, 1.807) is 0 Å². The number of hydrogen-bond acceptors (Lipinski definition) is 2. The smallest absolute Gasteiger partial charge is 0.0753 e. The van der Waals surface area contributed by atoms with Crippen LogP contribution in [0.3, 0.4) is 0 Å². The number of carbonyl (C=O) groups excluding carboxylic acids is 1. The summed E-state index contributed by atoms with van der Waals surface area (Å²) >= 11 is 0. The van der Waals surface area contributed by atoms with Crippen molar-refractivity contribution in [2.75, 3.05) is 27.2 Å². The summed E-state index contributed by atoms with van der Waals surface area (Å²) in [6.07, 6.45) is 1.87. The Balaban J connectivity index is 0. The molecule has 0 atom stereocenters. The molecule has 14 heavy (non-hydrogen) atoms. The summed E-state index contributed by atoms with van der Waals surface area (Å²) in [5.74, 6) is -0.943. The first kappa shape index (κ1) is 15.9. The number of nitrogens with zero attached hydrogens (tertiary/aromatic N) is 1. The third kappa shape index (κ3) is 14.0. The first-order valence-corrected chi connectivity index (χ1v) is 5.41. The molecule has 0 amide bonds. The molecule has 3 nitrogen and oxygen atoms in total. The molecule has 0 aromatic carbocycles. The van der Waals surface area contributed by atoms with Gasteiger partial charge in [0.2, 0.25) is 0 Å². The van der Waals surface area contributed by atoms with Crippen LogP contribution in [-0.4, -0.2) is 37.6 Å². The number of carbonyl (C=O) groups is 1. The Morgan fingerprint density at radius 2 is 1.57 bits per heavy atom. The zero-order valence-corrected chi connectivity index (χ0v) is 10.3. The van der Waals surface area contributed by atoms with Crippen molar-refractivity contribution >= 4 is 5.97 Å². The number of hydrogen-bond donors (Lipinski definition) is 0. The van der Waals surface area contributed by atoms with E-state index in [0.717, 1.165) is 17.3 Å². The Hall–Kier alpha value is -0.570. The van der Waals surface area contributed by atoms with Crippen molar-refractivity contribution in [3.63, 3.8) is 0 Å². The lowest BCUT2D eigenvalue weighted by Crippen LogP contribution is -2.38. The highest BCUT2D eigenvalue weighted by Crippen LogP contribution is 1.91. The van der Waals surface area contributed by atoms with Crippen LogP contribution in [0.1, 0.15) is 40.0 Å². The molecule has 0 aromatic rings. The molecule has 0 aromatic heterocycles. The normalized spacial score (nSPS) is 10.4. The van der Waals surface area contributed by atoms with Crippen LogP contribution < -0.4 is 5.11 Å². The van der Waals surface area contributed by atoms with E-state index in [-0.39, 0.29) is 6.42 Å². The van der Waals surface area contributed by atoms with E-state index in [2.05, 4.69) is 27.9 Å². The molecular weight excluding hydrogens is 178 g/mol. The standard InChI is InChI=1S/C6H16N.C5H10O2/c1-5-7(3,4)6-2;1-2-3-4-5(6)7/h5-6H2,1-4H3;2-4H2,1H3,(H,6,7)/q+1;/p-1. The Labute approximate surface area is 88.3 Å². The minimum absolute atomic E-state index is 0.205. The summed E-state index contributed by atoms with van der Waals surface area (Å²) < 4.78 is 1.14. The van der Waals surface area contributed by atoms with E-state index in [1.807, 2.05) is 6.92 Å². The highest BCUT2D eigenvalue weighted by atomic mass is 16.4. The lowest BCUT2D eigenvalue weighted by molar-refractivity contribution is -0.886. The van der Waals surface area contributed by atoms with Crippen molar-refractivity contribution in [2.24, 2.45) is 0 Å². The number of unbranched alkanes of at least 4 members (excludes halogenated alkanes) is 1. The van der Waals surface area contributed by atoms with Gasteiger partial charge in [-0.3, -0.25) is 0 Å². The fourth-order valence-electron chi connectivity index (χ4n) is 0.545. The summed E-state index contributed by atoms with van der Waals surface area (Å²) in [6.45, 7) is 8.84. The monoisotopic (exact) mass is 203 g/mol. The largest absolute Gasteiger partial charge is 0.550 e. The maximum absolute atomic E-state index is 9.65. The molecule has 0 N–H and O–H groups in total. The Morgan fingerprint density at radius 1 is 1.14 bits per heavy atom. The Morgan fingerprint density at radius 3 is 1.64 bits per heavy atom. The fraction of sp³-hybridized carbons (Fsp3) is 0.909. The van der Waals surface area contributed by atoms with Crippen LogP contribution in [-0.2, 0) is 4.79 Å². The summed E-state index contributed by atoms with van der Waals surface area (Å²) in [5.41, 5.74) is 0. The van der Waals surface area contributed by atoms with E-state index in [9.17, 15) is 9.90 Å². The van der Waals surface area contributed by atoms with Gasteiger partial charge in [0.05, 0.1) is 27.2 Å². The number of aliphatic carboxylic acids is 1. The lowest BCUT2D eigenvalue weighted by atomic mass is 10.3. The third-order valence-corrected chi connectivity index (χ3v) is 2.45. The predicted octanol–water partition coefficient (Wildman–Crippen LogP) is 1.03. The fourth-order valence-corrected chi connectivity index (χ4v) is 0.545. The molecule has 3 heteroatoms. The van der Waals surface area contributed by atoms with Gasteiger partial charge in [-0.25, -0.2) is 0 Å². The molecule has 0 aliphatic heterocycles. The second kappa shape index (κ2) is 9.00. The predicted molar refractivity (Wildman–Crippen MR) is 57.7 cm³/mol. The molecule has 0 rings (SSSR count). The van der Waals surface area contributed by atoms with Crippen molar-refractivity contribution in [1.82, 2.24) is 0 Å². The average Bonchev–Trinajstić information content (AvgIpc) is 2.15. The minimum atomic E-state index is -0.943. The third-order valence-electron chi connectivity index (χ3n) is 2.45. The van der Waals surface area contributed by atoms with Gasteiger partial charge in [0.25, 0.3) is 0 Å². The van der Waals surface area contributed by atoms with E-state index in [4.69, 9.17) is 0 Å². The van der Waals surface area contributed by atoms with Crippen LogP contribution >= 0.6 is 0 Å². The second-order valence-corrected chi connectivity index (χ2v) is 4.04. The highest BCUT2D eigenvalue weighted by Gasteiger charge is 2.04. The molecule has 0 unspecified atom stereocenters. The van der Waals surface area contributed by atoms with Gasteiger partial charge in [-0.05, 0) is 26.7 Å². The van der Waals surface area contributed by atoms with Gasteiger partial charge in [0.1, 0.15) is 0 Å². The molecule has 0 saturated heterocycles. The molecule has 0 aliphatic rings. The zero-order chi connectivity index (χ0) is 11.6. The number of rotatable bonds is 5. The van der Waals surface area contributed by atoms with Crippen molar-refractivity contribution in [2.45, 2.75) is 40.0 Å². The number of carboxylic acids is 1. The van der Waals surface area contributed by atoms with Gasteiger partial charge in [0, 0.05) is 5.97 Å².